The van der Waals surface area contributed by atoms with Crippen molar-refractivity contribution in [2.45, 2.75) is 25.4 Å². The van der Waals surface area contributed by atoms with Gasteiger partial charge in [0.1, 0.15) is 0 Å². The lowest BCUT2D eigenvalue weighted by Gasteiger charge is -2.33. The molecular formula is C19H21N7O. The van der Waals surface area contributed by atoms with Crippen molar-refractivity contribution in [3.05, 3.63) is 52.1 Å². The van der Waals surface area contributed by atoms with Gasteiger partial charge in [-0.25, -0.2) is 4.98 Å². The van der Waals surface area contributed by atoms with Crippen LogP contribution in [0.3, 0.4) is 0 Å². The molecule has 1 saturated heterocycles. The van der Waals surface area contributed by atoms with Gasteiger partial charge in [-0.1, -0.05) is 18.2 Å². The fraction of sp³-hybridized carbons (Fsp3) is 0.368. The molecule has 0 radical (unpaired) electrons. The van der Waals surface area contributed by atoms with Crippen molar-refractivity contribution in [1.29, 1.82) is 5.26 Å². The zero-order chi connectivity index (χ0) is 19.0. The van der Waals surface area contributed by atoms with Crippen molar-refractivity contribution < 1.29 is 0 Å². The second-order valence-corrected chi connectivity index (χ2v) is 6.95. The van der Waals surface area contributed by atoms with Crippen LogP contribution in [0.2, 0.25) is 0 Å². The van der Waals surface area contributed by atoms with Crippen LogP contribution >= 0.6 is 0 Å². The lowest BCUT2D eigenvalue weighted by molar-refractivity contribution is 0.491. The lowest BCUT2D eigenvalue weighted by atomic mass is 10.1. The van der Waals surface area contributed by atoms with Crippen LogP contribution in [0.25, 0.3) is 11.2 Å². The van der Waals surface area contributed by atoms with Gasteiger partial charge in [0, 0.05) is 26.2 Å². The summed E-state index contributed by atoms with van der Waals surface area (Å²) >= 11 is 0. The van der Waals surface area contributed by atoms with Gasteiger partial charge in [-0.3, -0.25) is 9.36 Å². The Kier molecular flexibility index (Phi) is 4.38. The van der Waals surface area contributed by atoms with Crippen molar-refractivity contribution in [3.8, 4) is 6.07 Å². The Balaban J connectivity index is 1.89. The molecule has 1 aromatic carbocycles. The van der Waals surface area contributed by atoms with E-state index in [1.54, 1.807) is 21.5 Å². The average Bonchev–Trinajstić information content (AvgIpc) is 3.05. The van der Waals surface area contributed by atoms with E-state index >= 15 is 0 Å². The Labute approximate surface area is 156 Å². The number of hydrogen-bond donors (Lipinski definition) is 1. The van der Waals surface area contributed by atoms with Crippen molar-refractivity contribution in [2.75, 3.05) is 18.0 Å². The van der Waals surface area contributed by atoms with Gasteiger partial charge in [0.05, 0.1) is 24.5 Å². The summed E-state index contributed by atoms with van der Waals surface area (Å²) in [6, 6.07) is 9.54. The number of rotatable bonds is 3. The number of aryl methyl sites for hydroxylation is 1. The summed E-state index contributed by atoms with van der Waals surface area (Å²) < 4.78 is 3.36. The summed E-state index contributed by atoms with van der Waals surface area (Å²) in [5.74, 6) is 0.582. The Bertz CT molecular complexity index is 1090. The first-order chi connectivity index (χ1) is 13.1. The molecule has 8 nitrogen and oxygen atoms in total. The zero-order valence-corrected chi connectivity index (χ0v) is 15.2. The predicted octanol–water partition coefficient (Wildman–Crippen LogP) is 0.977. The molecule has 3 aromatic rings. The Hall–Kier alpha value is -3.18. The zero-order valence-electron chi connectivity index (χ0n) is 15.2. The smallest absolute Gasteiger partial charge is 0.283 e. The Morgan fingerprint density at radius 2 is 2.19 bits per heavy atom. The third kappa shape index (κ3) is 3.06. The number of anilines is 1. The van der Waals surface area contributed by atoms with Crippen LogP contribution in [0, 0.1) is 11.3 Å². The van der Waals surface area contributed by atoms with Crippen molar-refractivity contribution in [3.63, 3.8) is 0 Å². The van der Waals surface area contributed by atoms with Gasteiger partial charge in [-0.05, 0) is 24.5 Å². The first-order valence-electron chi connectivity index (χ1n) is 8.99. The molecule has 2 aromatic heterocycles. The summed E-state index contributed by atoms with van der Waals surface area (Å²) in [5.41, 5.74) is 8.16. The fourth-order valence-corrected chi connectivity index (χ4v) is 3.59. The van der Waals surface area contributed by atoms with Crippen molar-refractivity contribution in [2.24, 2.45) is 12.8 Å². The third-order valence-corrected chi connectivity index (χ3v) is 5.01. The average molecular weight is 363 g/mol. The number of imidazole rings is 1. The highest BCUT2D eigenvalue weighted by Crippen LogP contribution is 2.20. The molecule has 27 heavy (non-hydrogen) atoms. The van der Waals surface area contributed by atoms with Crippen LogP contribution in [-0.4, -0.2) is 38.2 Å². The van der Waals surface area contributed by atoms with Crippen LogP contribution in [0.4, 0.5) is 5.95 Å². The maximum Gasteiger partial charge on any atom is 0.283 e. The van der Waals surface area contributed by atoms with Crippen LogP contribution in [0.1, 0.15) is 24.0 Å². The number of fused-ring (bicyclic) bond motifs is 1. The summed E-state index contributed by atoms with van der Waals surface area (Å²) in [4.78, 5) is 24.2. The van der Waals surface area contributed by atoms with Gasteiger partial charge in [0.15, 0.2) is 11.2 Å². The first kappa shape index (κ1) is 17.2. The van der Waals surface area contributed by atoms with E-state index in [4.69, 9.17) is 10.7 Å². The quantitative estimate of drug-likeness (QED) is 0.743. The van der Waals surface area contributed by atoms with E-state index in [2.05, 4.69) is 16.0 Å². The lowest BCUT2D eigenvalue weighted by Crippen LogP contribution is -2.45. The molecule has 138 valence electrons. The van der Waals surface area contributed by atoms with Crippen LogP contribution in [0.5, 0.6) is 0 Å². The number of piperidine rings is 1. The maximum atomic E-state index is 13.2. The molecule has 4 rings (SSSR count). The van der Waals surface area contributed by atoms with Gasteiger partial charge < -0.3 is 15.2 Å². The van der Waals surface area contributed by atoms with Crippen LogP contribution in [0.15, 0.2) is 35.4 Å². The molecule has 0 saturated carbocycles. The molecule has 0 spiro atoms. The molecule has 8 heteroatoms. The molecule has 2 N–H and O–H groups in total. The van der Waals surface area contributed by atoms with E-state index < -0.39 is 0 Å². The fourth-order valence-electron chi connectivity index (χ4n) is 3.59. The monoisotopic (exact) mass is 363 g/mol. The van der Waals surface area contributed by atoms with Gasteiger partial charge >= 0.3 is 0 Å². The number of nitrogens with zero attached hydrogens (tertiary/aromatic N) is 6. The minimum atomic E-state index is -0.206. The van der Waals surface area contributed by atoms with Gasteiger partial charge in [-0.15, -0.1) is 0 Å². The highest BCUT2D eigenvalue weighted by atomic mass is 16.1. The van der Waals surface area contributed by atoms with Crippen molar-refractivity contribution in [1.82, 2.24) is 19.1 Å². The van der Waals surface area contributed by atoms with E-state index in [-0.39, 0.29) is 18.1 Å². The van der Waals surface area contributed by atoms with E-state index in [0.717, 1.165) is 24.9 Å². The molecule has 1 fully saturated rings. The summed E-state index contributed by atoms with van der Waals surface area (Å²) in [7, 11) is 1.82. The number of nitrogens with two attached hydrogens (primary N) is 1. The minimum Gasteiger partial charge on any atom is -0.341 e. The molecule has 1 aliphatic heterocycles. The third-order valence-electron chi connectivity index (χ3n) is 5.01. The first-order valence-corrected chi connectivity index (χ1v) is 8.99. The molecule has 1 aliphatic rings. The minimum absolute atomic E-state index is 0.0535. The topological polar surface area (TPSA) is 106 Å². The maximum absolute atomic E-state index is 13.2. The number of hydrogen-bond acceptors (Lipinski definition) is 6. The summed E-state index contributed by atoms with van der Waals surface area (Å²) in [5, 5.41) is 9.40. The second kappa shape index (κ2) is 6.85. The van der Waals surface area contributed by atoms with Gasteiger partial charge in [-0.2, -0.15) is 10.2 Å². The molecule has 1 unspecified atom stereocenters. The number of nitriles is 1. The number of benzene rings is 1. The van der Waals surface area contributed by atoms with Crippen molar-refractivity contribution >= 4 is 17.1 Å². The number of aromatic nitrogens is 4. The highest BCUT2D eigenvalue weighted by molar-refractivity contribution is 5.71. The second-order valence-electron chi connectivity index (χ2n) is 6.95. The van der Waals surface area contributed by atoms with E-state index in [0.29, 0.717) is 29.2 Å². The van der Waals surface area contributed by atoms with Gasteiger partial charge in [0.25, 0.3) is 5.56 Å². The standard InChI is InChI=1S/C19H21N7O/c1-24-12-22-16-17(24)23-19(25-8-4-7-15(21)11-25)26(18(16)27)10-14-6-3-2-5-13(14)9-20/h2-3,5-6,12,15H,4,7-8,10-11,21H2,1H3. The predicted molar refractivity (Wildman–Crippen MR) is 102 cm³/mol. The van der Waals surface area contributed by atoms with E-state index in [1.165, 1.54) is 0 Å². The van der Waals surface area contributed by atoms with Gasteiger partial charge in [0.2, 0.25) is 5.95 Å². The molecule has 0 amide bonds. The van der Waals surface area contributed by atoms with E-state index in [9.17, 15) is 10.1 Å². The molecule has 0 bridgehead atoms. The SMILES string of the molecule is Cn1cnc2c(=O)n(Cc3ccccc3C#N)c(N3CCCC(N)C3)nc21. The largest absolute Gasteiger partial charge is 0.341 e. The highest BCUT2D eigenvalue weighted by Gasteiger charge is 2.24. The van der Waals surface area contributed by atoms with Crippen LogP contribution < -0.4 is 16.2 Å². The molecular weight excluding hydrogens is 342 g/mol. The molecule has 3 heterocycles. The summed E-state index contributed by atoms with van der Waals surface area (Å²) in [6.07, 6.45) is 3.51. The Morgan fingerprint density at radius 3 is 2.96 bits per heavy atom. The summed E-state index contributed by atoms with van der Waals surface area (Å²) in [6.45, 7) is 1.71. The van der Waals surface area contributed by atoms with Crippen LogP contribution in [-0.2, 0) is 13.6 Å². The van der Waals surface area contributed by atoms with E-state index in [1.807, 2.05) is 25.2 Å². The molecule has 1 atom stereocenters. The Morgan fingerprint density at radius 1 is 1.37 bits per heavy atom. The molecule has 0 aliphatic carbocycles. The normalized spacial score (nSPS) is 17.2.